The summed E-state index contributed by atoms with van der Waals surface area (Å²) in [5.41, 5.74) is 3.21. The largest absolute Gasteiger partial charge is 0.354 e. The SMILES string of the molecule is Cc1ccc(C)c(Cn2nc3n(c2=O)CCCC3C(=O)NCCn2ccnc2)c1. The molecule has 0 spiro atoms. The molecule has 1 aromatic carbocycles. The van der Waals surface area contributed by atoms with Gasteiger partial charge in [-0.3, -0.25) is 9.36 Å². The van der Waals surface area contributed by atoms with Gasteiger partial charge in [-0.2, -0.15) is 5.10 Å². The van der Waals surface area contributed by atoms with E-state index in [1.807, 2.05) is 24.6 Å². The van der Waals surface area contributed by atoms with Crippen LogP contribution in [0.15, 0.2) is 41.7 Å². The molecule has 1 amide bonds. The molecule has 0 aliphatic carbocycles. The van der Waals surface area contributed by atoms with Crippen LogP contribution in [0.25, 0.3) is 0 Å². The molecule has 3 aromatic rings. The first-order chi connectivity index (χ1) is 14.0. The fourth-order valence-corrected chi connectivity index (χ4v) is 3.84. The number of carbonyl (C=O) groups excluding carboxylic acids is 1. The maximum Gasteiger partial charge on any atom is 0.346 e. The predicted molar refractivity (Wildman–Crippen MR) is 109 cm³/mol. The van der Waals surface area contributed by atoms with Crippen molar-refractivity contribution in [2.75, 3.05) is 6.54 Å². The second-order valence-corrected chi connectivity index (χ2v) is 7.67. The highest BCUT2D eigenvalue weighted by atomic mass is 16.2. The fourth-order valence-electron chi connectivity index (χ4n) is 3.84. The topological polar surface area (TPSA) is 86.7 Å². The second kappa shape index (κ2) is 8.06. The van der Waals surface area contributed by atoms with Gasteiger partial charge in [0.2, 0.25) is 5.91 Å². The minimum atomic E-state index is -0.390. The molecule has 1 aliphatic heterocycles. The number of nitrogens with zero attached hydrogens (tertiary/aromatic N) is 5. The van der Waals surface area contributed by atoms with Crippen molar-refractivity contribution in [2.45, 2.75) is 52.2 Å². The van der Waals surface area contributed by atoms with Crippen molar-refractivity contribution in [3.63, 3.8) is 0 Å². The zero-order valence-electron chi connectivity index (χ0n) is 16.8. The van der Waals surface area contributed by atoms with Gasteiger partial charge in [-0.25, -0.2) is 14.5 Å². The summed E-state index contributed by atoms with van der Waals surface area (Å²) < 4.78 is 5.07. The number of nitrogens with one attached hydrogen (secondary N) is 1. The maximum atomic E-state index is 12.9. The molecule has 152 valence electrons. The highest BCUT2D eigenvalue weighted by molar-refractivity contribution is 5.82. The number of hydrogen-bond donors (Lipinski definition) is 1. The van der Waals surface area contributed by atoms with Gasteiger partial charge in [0.1, 0.15) is 5.82 Å². The Bertz CT molecular complexity index is 1060. The Balaban J connectivity index is 1.51. The Morgan fingerprint density at radius 2 is 2.17 bits per heavy atom. The number of aromatic nitrogens is 5. The third kappa shape index (κ3) is 4.01. The van der Waals surface area contributed by atoms with Crippen LogP contribution in [0, 0.1) is 13.8 Å². The number of carbonyl (C=O) groups is 1. The molecule has 4 rings (SSSR count). The van der Waals surface area contributed by atoms with E-state index < -0.39 is 0 Å². The average molecular weight is 394 g/mol. The van der Waals surface area contributed by atoms with Gasteiger partial charge in [-0.1, -0.05) is 23.8 Å². The molecule has 2 aromatic heterocycles. The van der Waals surface area contributed by atoms with E-state index in [4.69, 9.17) is 0 Å². The lowest BCUT2D eigenvalue weighted by Crippen LogP contribution is -2.36. The Labute approximate surface area is 169 Å². The van der Waals surface area contributed by atoms with Crippen LogP contribution in [0.1, 0.15) is 41.3 Å². The van der Waals surface area contributed by atoms with Crippen molar-refractivity contribution in [1.82, 2.24) is 29.2 Å². The van der Waals surface area contributed by atoms with Crippen LogP contribution in [0.4, 0.5) is 0 Å². The van der Waals surface area contributed by atoms with Gasteiger partial charge < -0.3 is 9.88 Å². The molecule has 29 heavy (non-hydrogen) atoms. The average Bonchev–Trinajstić information content (AvgIpc) is 3.33. The van der Waals surface area contributed by atoms with Gasteiger partial charge in [0.15, 0.2) is 0 Å². The van der Waals surface area contributed by atoms with E-state index in [0.29, 0.717) is 38.4 Å². The summed E-state index contributed by atoms with van der Waals surface area (Å²) in [5.74, 6) is 0.112. The summed E-state index contributed by atoms with van der Waals surface area (Å²) in [6.07, 6.45) is 6.79. The third-order valence-electron chi connectivity index (χ3n) is 5.51. The molecule has 0 saturated carbocycles. The quantitative estimate of drug-likeness (QED) is 0.688. The minimum absolute atomic E-state index is 0.0741. The van der Waals surface area contributed by atoms with E-state index in [0.717, 1.165) is 23.1 Å². The smallest absolute Gasteiger partial charge is 0.346 e. The van der Waals surface area contributed by atoms with Gasteiger partial charge in [0.05, 0.1) is 18.8 Å². The first-order valence-electron chi connectivity index (χ1n) is 10.00. The molecule has 0 radical (unpaired) electrons. The molecular weight excluding hydrogens is 368 g/mol. The van der Waals surface area contributed by atoms with Crippen molar-refractivity contribution in [1.29, 1.82) is 0 Å². The first kappa shape index (κ1) is 19.2. The number of benzene rings is 1. The van der Waals surface area contributed by atoms with Gasteiger partial charge in [0.25, 0.3) is 0 Å². The Morgan fingerprint density at radius 1 is 1.31 bits per heavy atom. The standard InChI is InChI=1S/C21H26N6O2/c1-15-5-6-16(2)17(12-15)13-27-21(29)26-9-3-4-18(19(26)24-27)20(28)23-8-11-25-10-7-22-14-25/h5-7,10,12,14,18H,3-4,8-9,11,13H2,1-2H3,(H,23,28). The summed E-state index contributed by atoms with van der Waals surface area (Å²) in [5, 5.41) is 7.54. The molecule has 1 N–H and O–H groups in total. The number of rotatable bonds is 6. The predicted octanol–water partition coefficient (Wildman–Crippen LogP) is 1.60. The van der Waals surface area contributed by atoms with E-state index in [1.165, 1.54) is 4.68 Å². The van der Waals surface area contributed by atoms with Crippen LogP contribution in [0.5, 0.6) is 0 Å². The number of amides is 1. The summed E-state index contributed by atoms with van der Waals surface area (Å²) in [7, 11) is 0. The zero-order chi connectivity index (χ0) is 20.4. The zero-order valence-corrected chi connectivity index (χ0v) is 16.8. The van der Waals surface area contributed by atoms with Crippen LogP contribution in [-0.2, 0) is 24.4 Å². The lowest BCUT2D eigenvalue weighted by atomic mass is 9.98. The summed E-state index contributed by atoms with van der Waals surface area (Å²) in [6.45, 7) is 6.27. The van der Waals surface area contributed by atoms with Gasteiger partial charge in [-0.15, -0.1) is 0 Å². The monoisotopic (exact) mass is 394 g/mol. The van der Waals surface area contributed by atoms with E-state index in [2.05, 4.69) is 33.6 Å². The number of aryl methyl sites for hydroxylation is 2. The molecular formula is C21H26N6O2. The molecule has 0 bridgehead atoms. The van der Waals surface area contributed by atoms with E-state index in [1.54, 1.807) is 17.1 Å². The fraction of sp³-hybridized carbons (Fsp3) is 0.429. The normalized spacial score (nSPS) is 15.9. The number of imidazole rings is 1. The van der Waals surface area contributed by atoms with E-state index in [-0.39, 0.29) is 17.5 Å². The lowest BCUT2D eigenvalue weighted by Gasteiger charge is -2.21. The molecule has 8 heteroatoms. The summed E-state index contributed by atoms with van der Waals surface area (Å²) >= 11 is 0. The number of fused-ring (bicyclic) bond motifs is 1. The van der Waals surface area contributed by atoms with Crippen LogP contribution in [0.2, 0.25) is 0 Å². The Kier molecular flexibility index (Phi) is 5.33. The van der Waals surface area contributed by atoms with Gasteiger partial charge >= 0.3 is 5.69 Å². The highest BCUT2D eigenvalue weighted by Crippen LogP contribution is 2.24. The van der Waals surface area contributed by atoms with Crippen molar-refractivity contribution in [3.8, 4) is 0 Å². The van der Waals surface area contributed by atoms with Crippen molar-refractivity contribution in [3.05, 3.63) is 69.9 Å². The lowest BCUT2D eigenvalue weighted by molar-refractivity contribution is -0.123. The first-order valence-corrected chi connectivity index (χ1v) is 10.00. The van der Waals surface area contributed by atoms with E-state index in [9.17, 15) is 9.59 Å². The Morgan fingerprint density at radius 3 is 2.97 bits per heavy atom. The molecule has 1 atom stereocenters. The van der Waals surface area contributed by atoms with Crippen molar-refractivity contribution in [2.24, 2.45) is 0 Å². The highest BCUT2D eigenvalue weighted by Gasteiger charge is 2.31. The van der Waals surface area contributed by atoms with Crippen molar-refractivity contribution >= 4 is 5.91 Å². The van der Waals surface area contributed by atoms with Crippen LogP contribution in [-0.4, -0.2) is 36.4 Å². The van der Waals surface area contributed by atoms with Crippen LogP contribution >= 0.6 is 0 Å². The molecule has 0 saturated heterocycles. The summed E-state index contributed by atoms with van der Waals surface area (Å²) in [4.78, 5) is 29.6. The number of hydrogen-bond acceptors (Lipinski definition) is 4. The van der Waals surface area contributed by atoms with Crippen LogP contribution < -0.4 is 11.0 Å². The second-order valence-electron chi connectivity index (χ2n) is 7.67. The maximum absolute atomic E-state index is 12.9. The molecule has 1 aliphatic rings. The summed E-state index contributed by atoms with van der Waals surface area (Å²) in [6, 6.07) is 6.20. The third-order valence-corrected chi connectivity index (χ3v) is 5.51. The van der Waals surface area contributed by atoms with Crippen LogP contribution in [0.3, 0.4) is 0 Å². The minimum Gasteiger partial charge on any atom is -0.354 e. The van der Waals surface area contributed by atoms with E-state index >= 15 is 0 Å². The molecule has 8 nitrogen and oxygen atoms in total. The van der Waals surface area contributed by atoms with Crippen molar-refractivity contribution < 1.29 is 4.79 Å². The van der Waals surface area contributed by atoms with Gasteiger partial charge in [0, 0.05) is 32.0 Å². The molecule has 1 unspecified atom stereocenters. The molecule has 0 fully saturated rings. The van der Waals surface area contributed by atoms with Gasteiger partial charge in [-0.05, 0) is 37.8 Å². The molecule has 3 heterocycles. The Hall–Kier alpha value is -3.16.